The average Bonchev–Trinajstić information content (AvgIpc) is 3.11. The van der Waals surface area contributed by atoms with Crippen molar-refractivity contribution >= 4 is 40.8 Å². The van der Waals surface area contributed by atoms with Crippen molar-refractivity contribution in [3.8, 4) is 0 Å². The minimum Gasteiger partial charge on any atom is -0.391 e. The molecule has 5 nitrogen and oxygen atoms in total. The lowest BCUT2D eigenvalue weighted by atomic mass is 10.1. The van der Waals surface area contributed by atoms with Crippen LogP contribution in [-0.4, -0.2) is 41.8 Å². The fourth-order valence-corrected chi connectivity index (χ4v) is 3.38. The largest absolute Gasteiger partial charge is 0.391 e. The van der Waals surface area contributed by atoms with Crippen molar-refractivity contribution < 1.29 is 5.11 Å². The molecule has 0 aliphatic rings. The number of nitrogens with one attached hydrogen (secondary N) is 3. The molecule has 1 heterocycles. The third-order valence-electron chi connectivity index (χ3n) is 4.81. The zero-order valence-electron chi connectivity index (χ0n) is 17.1. The molecule has 0 saturated carbocycles. The van der Waals surface area contributed by atoms with Gasteiger partial charge in [-0.05, 0) is 37.0 Å². The van der Waals surface area contributed by atoms with Crippen molar-refractivity contribution in [3.63, 3.8) is 0 Å². The number of aromatic nitrogens is 1. The number of rotatable bonds is 8. The third kappa shape index (κ3) is 6.75. The third-order valence-corrected chi connectivity index (χ3v) is 4.81. The number of halogens is 1. The number of guanidine groups is 1. The van der Waals surface area contributed by atoms with Gasteiger partial charge in [-0.25, -0.2) is 0 Å². The fraction of sp³-hybridized carbons (Fsp3) is 0.348. The summed E-state index contributed by atoms with van der Waals surface area (Å²) in [5.41, 5.74) is 4.89. The first kappa shape index (κ1) is 23.2. The van der Waals surface area contributed by atoms with E-state index in [1.165, 1.54) is 22.0 Å². The number of aryl methyl sites for hydroxylation is 1. The maximum absolute atomic E-state index is 10.3. The van der Waals surface area contributed by atoms with Gasteiger partial charge in [0.2, 0.25) is 0 Å². The lowest BCUT2D eigenvalue weighted by Gasteiger charge is -2.13. The number of para-hydroxylation sites is 1. The normalized spacial score (nSPS) is 12.4. The van der Waals surface area contributed by atoms with E-state index in [1.54, 1.807) is 0 Å². The molecule has 29 heavy (non-hydrogen) atoms. The van der Waals surface area contributed by atoms with Gasteiger partial charge in [0.15, 0.2) is 5.96 Å². The second-order valence-electron chi connectivity index (χ2n) is 7.05. The molecular weight excluding hydrogens is 475 g/mol. The first-order chi connectivity index (χ1) is 13.7. The van der Waals surface area contributed by atoms with Gasteiger partial charge in [0.1, 0.15) is 0 Å². The summed E-state index contributed by atoms with van der Waals surface area (Å²) < 4.78 is 0. The molecule has 0 fully saturated rings. The molecule has 1 atom stereocenters. The number of nitrogens with zero attached hydrogens (tertiary/aromatic N) is 1. The van der Waals surface area contributed by atoms with E-state index in [4.69, 9.17) is 0 Å². The van der Waals surface area contributed by atoms with Gasteiger partial charge in [0.05, 0.1) is 12.6 Å². The number of hydrogen-bond acceptors (Lipinski definition) is 2. The van der Waals surface area contributed by atoms with Gasteiger partial charge in [-0.15, -0.1) is 24.0 Å². The SMILES string of the molecule is CCNC(=NCC(O)Cc1ccccc1)NCCc1c[nH]c2c(C)cccc12.I. The zero-order valence-corrected chi connectivity index (χ0v) is 19.4. The first-order valence-corrected chi connectivity index (χ1v) is 9.97. The van der Waals surface area contributed by atoms with Crippen molar-refractivity contribution in [3.05, 3.63) is 71.4 Å². The minimum atomic E-state index is -0.491. The van der Waals surface area contributed by atoms with Gasteiger partial charge < -0.3 is 20.7 Å². The summed E-state index contributed by atoms with van der Waals surface area (Å²) in [5.74, 6) is 0.741. The van der Waals surface area contributed by atoms with Crippen molar-refractivity contribution in [2.45, 2.75) is 32.8 Å². The summed E-state index contributed by atoms with van der Waals surface area (Å²) >= 11 is 0. The summed E-state index contributed by atoms with van der Waals surface area (Å²) in [6.45, 7) is 6.10. The van der Waals surface area contributed by atoms with Gasteiger partial charge in [-0.3, -0.25) is 4.99 Å². The maximum atomic E-state index is 10.3. The molecule has 6 heteroatoms. The van der Waals surface area contributed by atoms with Crippen molar-refractivity contribution in [2.24, 2.45) is 4.99 Å². The standard InChI is InChI=1S/C23H30N4O.HI/c1-3-24-23(27-16-20(28)14-18-9-5-4-6-10-18)25-13-12-19-15-26-22-17(2)8-7-11-21(19)22;/h4-11,15,20,26,28H,3,12-14,16H2,1-2H3,(H2,24,25,27);1H. The highest BCUT2D eigenvalue weighted by Crippen LogP contribution is 2.21. The number of aromatic amines is 1. The molecule has 1 unspecified atom stereocenters. The number of H-pyrrole nitrogens is 1. The Kier molecular flexibility index (Phi) is 9.47. The topological polar surface area (TPSA) is 72.4 Å². The van der Waals surface area contributed by atoms with E-state index in [-0.39, 0.29) is 24.0 Å². The Morgan fingerprint density at radius 3 is 2.66 bits per heavy atom. The lowest BCUT2D eigenvalue weighted by molar-refractivity contribution is 0.183. The van der Waals surface area contributed by atoms with Crippen LogP contribution in [0, 0.1) is 6.92 Å². The summed E-state index contributed by atoms with van der Waals surface area (Å²) in [4.78, 5) is 7.92. The molecule has 0 amide bonds. The van der Waals surface area contributed by atoms with Crippen LogP contribution in [0.15, 0.2) is 59.7 Å². The molecule has 156 valence electrons. The van der Waals surface area contributed by atoms with Crippen molar-refractivity contribution in [2.75, 3.05) is 19.6 Å². The molecule has 2 aromatic carbocycles. The van der Waals surface area contributed by atoms with Gasteiger partial charge in [0, 0.05) is 36.6 Å². The van der Waals surface area contributed by atoms with Gasteiger partial charge in [-0.2, -0.15) is 0 Å². The number of aliphatic imine (C=N–C) groups is 1. The molecule has 3 aromatic rings. The molecule has 0 radical (unpaired) electrons. The highest BCUT2D eigenvalue weighted by Gasteiger charge is 2.07. The zero-order chi connectivity index (χ0) is 19.8. The van der Waals surface area contributed by atoms with Gasteiger partial charge in [-0.1, -0.05) is 48.5 Å². The van der Waals surface area contributed by atoms with E-state index in [0.717, 1.165) is 31.0 Å². The van der Waals surface area contributed by atoms with E-state index < -0.39 is 6.10 Å². The van der Waals surface area contributed by atoms with Crippen molar-refractivity contribution in [1.29, 1.82) is 0 Å². The van der Waals surface area contributed by atoms with Crippen LogP contribution in [0.1, 0.15) is 23.6 Å². The molecule has 0 bridgehead atoms. The molecule has 1 aromatic heterocycles. The smallest absolute Gasteiger partial charge is 0.191 e. The molecule has 0 aliphatic heterocycles. The van der Waals surface area contributed by atoms with E-state index in [1.807, 2.05) is 37.3 Å². The monoisotopic (exact) mass is 506 g/mol. The first-order valence-electron chi connectivity index (χ1n) is 9.97. The predicted octanol–water partition coefficient (Wildman–Crippen LogP) is 3.80. The predicted molar refractivity (Wildman–Crippen MR) is 132 cm³/mol. The maximum Gasteiger partial charge on any atom is 0.191 e. The fourth-order valence-electron chi connectivity index (χ4n) is 3.38. The van der Waals surface area contributed by atoms with Crippen LogP contribution >= 0.6 is 24.0 Å². The van der Waals surface area contributed by atoms with Gasteiger partial charge in [0.25, 0.3) is 0 Å². The van der Waals surface area contributed by atoms with E-state index in [9.17, 15) is 5.11 Å². The highest BCUT2D eigenvalue weighted by atomic mass is 127. The number of hydrogen-bond donors (Lipinski definition) is 4. The summed E-state index contributed by atoms with van der Waals surface area (Å²) in [7, 11) is 0. The molecular formula is C23H31IN4O. The Hall–Kier alpha value is -2.06. The number of benzene rings is 2. The van der Waals surface area contributed by atoms with Gasteiger partial charge >= 0.3 is 0 Å². The summed E-state index contributed by atoms with van der Waals surface area (Å²) in [6.07, 6.45) is 3.11. The van der Waals surface area contributed by atoms with E-state index in [2.05, 4.69) is 51.9 Å². The van der Waals surface area contributed by atoms with Crippen LogP contribution in [0.25, 0.3) is 10.9 Å². The Balaban J connectivity index is 0.00000300. The van der Waals surface area contributed by atoms with E-state index >= 15 is 0 Å². The minimum absolute atomic E-state index is 0. The average molecular weight is 506 g/mol. The van der Waals surface area contributed by atoms with Crippen LogP contribution in [0.2, 0.25) is 0 Å². The van der Waals surface area contributed by atoms with Crippen LogP contribution in [-0.2, 0) is 12.8 Å². The lowest BCUT2D eigenvalue weighted by Crippen LogP contribution is -2.39. The molecule has 4 N–H and O–H groups in total. The molecule has 0 spiro atoms. The summed E-state index contributed by atoms with van der Waals surface area (Å²) in [5, 5.41) is 18.2. The van der Waals surface area contributed by atoms with Crippen LogP contribution in [0.4, 0.5) is 0 Å². The Labute approximate surface area is 190 Å². The number of aliphatic hydroxyl groups excluding tert-OH is 1. The number of fused-ring (bicyclic) bond motifs is 1. The quantitative estimate of drug-likeness (QED) is 0.214. The van der Waals surface area contributed by atoms with Crippen LogP contribution in [0.5, 0.6) is 0 Å². The second kappa shape index (κ2) is 11.8. The Bertz CT molecular complexity index is 908. The van der Waals surface area contributed by atoms with Crippen molar-refractivity contribution in [1.82, 2.24) is 15.6 Å². The Morgan fingerprint density at radius 2 is 1.90 bits per heavy atom. The highest BCUT2D eigenvalue weighted by molar-refractivity contribution is 14.0. The van der Waals surface area contributed by atoms with Crippen LogP contribution in [0.3, 0.4) is 0 Å². The molecule has 3 rings (SSSR count). The Morgan fingerprint density at radius 1 is 1.10 bits per heavy atom. The number of aliphatic hydroxyl groups is 1. The molecule has 0 aliphatic carbocycles. The van der Waals surface area contributed by atoms with Crippen LogP contribution < -0.4 is 10.6 Å². The summed E-state index contributed by atoms with van der Waals surface area (Å²) in [6, 6.07) is 16.4. The van der Waals surface area contributed by atoms with E-state index in [0.29, 0.717) is 13.0 Å². The molecule has 0 saturated heterocycles. The second-order valence-corrected chi connectivity index (χ2v) is 7.05.